The first-order chi connectivity index (χ1) is 14.4. The minimum absolute atomic E-state index is 0.0818. The van der Waals surface area contributed by atoms with Crippen LogP contribution in [-0.4, -0.2) is 10.2 Å². The van der Waals surface area contributed by atoms with Gasteiger partial charge in [-0.2, -0.15) is 0 Å². The van der Waals surface area contributed by atoms with Crippen molar-refractivity contribution in [3.8, 4) is 11.1 Å². The first-order valence-electron chi connectivity index (χ1n) is 10.8. The maximum absolute atomic E-state index is 11.1. The van der Waals surface area contributed by atoms with Crippen LogP contribution in [0.2, 0.25) is 0 Å². The summed E-state index contributed by atoms with van der Waals surface area (Å²) in [5, 5.41) is 26.8. The van der Waals surface area contributed by atoms with Crippen LogP contribution in [0.4, 0.5) is 0 Å². The molecular formula is C28H30O2. The average Bonchev–Trinajstić information content (AvgIpc) is 2.76. The van der Waals surface area contributed by atoms with Crippen molar-refractivity contribution in [2.75, 3.05) is 0 Å². The number of hydrogen-bond acceptors (Lipinski definition) is 2. The van der Waals surface area contributed by atoms with Gasteiger partial charge in [-0.1, -0.05) is 100 Å². The molecule has 4 rings (SSSR count). The molecule has 0 heterocycles. The van der Waals surface area contributed by atoms with Crippen molar-refractivity contribution in [2.45, 2.75) is 39.9 Å². The first-order valence-corrected chi connectivity index (χ1v) is 10.8. The van der Waals surface area contributed by atoms with Gasteiger partial charge in [-0.15, -0.1) is 0 Å². The molecule has 0 saturated heterocycles. The van der Waals surface area contributed by atoms with Crippen molar-refractivity contribution in [3.05, 3.63) is 83.9 Å². The highest BCUT2D eigenvalue weighted by atomic mass is 16.3. The van der Waals surface area contributed by atoms with Crippen LogP contribution in [-0.2, 0) is 0 Å². The van der Waals surface area contributed by atoms with Crippen LogP contribution in [0.25, 0.3) is 32.7 Å². The molecule has 0 bridgehead atoms. The standard InChI is InChI=1S/C28H30O2/c1-17(2)27(29)23-15-13-19-9-5-7-11-21(19)25(23)26-22-12-8-6-10-20(22)14-16-24(26)28(30)18(3)4/h5-18,27-30H,1-4H3. The van der Waals surface area contributed by atoms with Crippen LogP contribution in [0.5, 0.6) is 0 Å². The van der Waals surface area contributed by atoms with Gasteiger partial charge in [0.05, 0.1) is 12.2 Å². The van der Waals surface area contributed by atoms with Crippen LogP contribution in [0.15, 0.2) is 72.8 Å². The third-order valence-electron chi connectivity index (χ3n) is 6.07. The van der Waals surface area contributed by atoms with E-state index in [9.17, 15) is 10.2 Å². The van der Waals surface area contributed by atoms with Gasteiger partial charge in [0.25, 0.3) is 0 Å². The van der Waals surface area contributed by atoms with E-state index in [0.29, 0.717) is 0 Å². The Kier molecular flexibility index (Phi) is 5.64. The van der Waals surface area contributed by atoms with Crippen LogP contribution in [0, 0.1) is 11.8 Å². The van der Waals surface area contributed by atoms with Crippen molar-refractivity contribution < 1.29 is 10.2 Å². The zero-order valence-corrected chi connectivity index (χ0v) is 18.1. The second-order valence-electron chi connectivity index (χ2n) is 8.88. The molecule has 0 aliphatic carbocycles. The molecular weight excluding hydrogens is 368 g/mol. The molecule has 30 heavy (non-hydrogen) atoms. The lowest BCUT2D eigenvalue weighted by atomic mass is 9.81. The van der Waals surface area contributed by atoms with Gasteiger partial charge >= 0.3 is 0 Å². The van der Waals surface area contributed by atoms with Gasteiger partial charge in [-0.05, 0) is 55.6 Å². The van der Waals surface area contributed by atoms with E-state index in [1.165, 1.54) is 0 Å². The molecule has 2 unspecified atom stereocenters. The molecule has 0 spiro atoms. The molecule has 4 aromatic rings. The molecule has 0 aliphatic rings. The Hall–Kier alpha value is -2.68. The van der Waals surface area contributed by atoms with Crippen molar-refractivity contribution in [3.63, 3.8) is 0 Å². The second kappa shape index (κ2) is 8.22. The molecule has 154 valence electrons. The molecule has 0 aliphatic heterocycles. The van der Waals surface area contributed by atoms with Crippen molar-refractivity contribution in [1.82, 2.24) is 0 Å². The second-order valence-corrected chi connectivity index (χ2v) is 8.88. The summed E-state index contributed by atoms with van der Waals surface area (Å²) in [6.07, 6.45) is -1.18. The van der Waals surface area contributed by atoms with Gasteiger partial charge in [0.2, 0.25) is 0 Å². The summed E-state index contributed by atoms with van der Waals surface area (Å²) < 4.78 is 0. The Morgan fingerprint density at radius 2 is 0.867 bits per heavy atom. The van der Waals surface area contributed by atoms with Gasteiger partial charge in [0.15, 0.2) is 0 Å². The molecule has 2 heteroatoms. The topological polar surface area (TPSA) is 40.5 Å². The lowest BCUT2D eigenvalue weighted by molar-refractivity contribution is 0.126. The van der Waals surface area contributed by atoms with Crippen molar-refractivity contribution in [1.29, 1.82) is 0 Å². The first kappa shape index (κ1) is 20.6. The maximum Gasteiger partial charge on any atom is 0.0819 e. The number of aliphatic hydroxyl groups is 2. The number of rotatable bonds is 5. The van der Waals surface area contributed by atoms with E-state index >= 15 is 0 Å². The Morgan fingerprint density at radius 3 is 1.23 bits per heavy atom. The van der Waals surface area contributed by atoms with E-state index in [2.05, 4.69) is 48.5 Å². The van der Waals surface area contributed by atoms with Crippen LogP contribution >= 0.6 is 0 Å². The minimum Gasteiger partial charge on any atom is -0.388 e. The van der Waals surface area contributed by atoms with E-state index in [-0.39, 0.29) is 11.8 Å². The molecule has 0 saturated carbocycles. The SMILES string of the molecule is CC(C)C(O)c1ccc2ccccc2c1-c1c(C(O)C(C)C)ccc2ccccc12. The van der Waals surface area contributed by atoms with Gasteiger partial charge in [-0.25, -0.2) is 0 Å². The van der Waals surface area contributed by atoms with E-state index < -0.39 is 12.2 Å². The summed E-state index contributed by atoms with van der Waals surface area (Å²) in [5.41, 5.74) is 3.89. The monoisotopic (exact) mass is 398 g/mol. The lowest BCUT2D eigenvalue weighted by Crippen LogP contribution is -2.11. The smallest absolute Gasteiger partial charge is 0.0819 e. The predicted molar refractivity (Wildman–Crippen MR) is 126 cm³/mol. The highest BCUT2D eigenvalue weighted by Gasteiger charge is 2.25. The van der Waals surface area contributed by atoms with E-state index in [1.807, 2.05) is 52.0 Å². The molecule has 2 nitrogen and oxygen atoms in total. The average molecular weight is 399 g/mol. The molecule has 0 amide bonds. The number of benzene rings is 4. The zero-order valence-electron chi connectivity index (χ0n) is 18.1. The fraction of sp³-hybridized carbons (Fsp3) is 0.286. The van der Waals surface area contributed by atoms with Gasteiger partial charge in [-0.3, -0.25) is 0 Å². The fourth-order valence-corrected chi connectivity index (χ4v) is 4.35. The van der Waals surface area contributed by atoms with Crippen molar-refractivity contribution in [2.24, 2.45) is 11.8 Å². The van der Waals surface area contributed by atoms with E-state index in [1.54, 1.807) is 0 Å². The minimum atomic E-state index is -0.590. The summed E-state index contributed by atoms with van der Waals surface area (Å²) in [6.45, 7) is 8.15. The maximum atomic E-state index is 11.1. The van der Waals surface area contributed by atoms with Crippen LogP contribution < -0.4 is 0 Å². The molecule has 0 aromatic heterocycles. The Balaban J connectivity index is 2.19. The summed E-state index contributed by atoms with van der Waals surface area (Å²) >= 11 is 0. The Labute approximate surface area is 178 Å². The summed E-state index contributed by atoms with van der Waals surface area (Å²) in [4.78, 5) is 0. The highest BCUT2D eigenvalue weighted by Crippen LogP contribution is 2.44. The molecule has 2 N–H and O–H groups in total. The molecule has 4 aromatic carbocycles. The van der Waals surface area contributed by atoms with Gasteiger partial charge < -0.3 is 10.2 Å². The lowest BCUT2D eigenvalue weighted by Gasteiger charge is -2.26. The number of fused-ring (bicyclic) bond motifs is 2. The van der Waals surface area contributed by atoms with Gasteiger partial charge in [0, 0.05) is 0 Å². The zero-order chi connectivity index (χ0) is 21.4. The van der Waals surface area contributed by atoms with E-state index in [0.717, 1.165) is 43.8 Å². The van der Waals surface area contributed by atoms with Gasteiger partial charge in [0.1, 0.15) is 0 Å². The van der Waals surface area contributed by atoms with Crippen LogP contribution in [0.3, 0.4) is 0 Å². The number of hydrogen-bond donors (Lipinski definition) is 2. The molecule has 0 fully saturated rings. The van der Waals surface area contributed by atoms with Crippen molar-refractivity contribution >= 4 is 21.5 Å². The fourth-order valence-electron chi connectivity index (χ4n) is 4.35. The Morgan fingerprint density at radius 1 is 0.500 bits per heavy atom. The number of aliphatic hydroxyl groups excluding tert-OH is 2. The largest absolute Gasteiger partial charge is 0.388 e. The molecule has 2 atom stereocenters. The summed E-state index contributed by atoms with van der Waals surface area (Å²) in [6, 6.07) is 24.9. The third kappa shape index (κ3) is 3.51. The Bertz CT molecular complexity index is 1090. The van der Waals surface area contributed by atoms with Crippen LogP contribution in [0.1, 0.15) is 51.0 Å². The highest BCUT2D eigenvalue weighted by molar-refractivity contribution is 6.08. The normalized spacial score (nSPS) is 14.0. The van der Waals surface area contributed by atoms with E-state index in [4.69, 9.17) is 0 Å². The summed E-state index contributed by atoms with van der Waals surface area (Å²) in [7, 11) is 0. The summed E-state index contributed by atoms with van der Waals surface area (Å²) in [5.74, 6) is 0.164. The predicted octanol–water partition coefficient (Wildman–Crippen LogP) is 7.04. The third-order valence-corrected chi connectivity index (χ3v) is 6.07. The molecule has 0 radical (unpaired) electrons. The quantitative estimate of drug-likeness (QED) is 0.378.